The first-order valence-electron chi connectivity index (χ1n) is 5.69. The number of nitrogens with one attached hydrogen (secondary N) is 1. The van der Waals surface area contributed by atoms with E-state index in [-0.39, 0.29) is 4.90 Å². The first kappa shape index (κ1) is 13.6. The molecule has 0 aliphatic heterocycles. The van der Waals surface area contributed by atoms with Gasteiger partial charge in [-0.2, -0.15) is 5.10 Å². The van der Waals surface area contributed by atoms with E-state index < -0.39 is 10.0 Å². The van der Waals surface area contributed by atoms with Gasteiger partial charge in [0.2, 0.25) is 10.0 Å². The summed E-state index contributed by atoms with van der Waals surface area (Å²) in [4.78, 5) is 0.268. The van der Waals surface area contributed by atoms with Crippen LogP contribution in [0.2, 0.25) is 0 Å². The van der Waals surface area contributed by atoms with Gasteiger partial charge in [-0.15, -0.1) is 0 Å². The monoisotopic (exact) mass is 280 g/mol. The lowest BCUT2D eigenvalue weighted by atomic mass is 10.3. The lowest BCUT2D eigenvalue weighted by Crippen LogP contribution is -2.22. The van der Waals surface area contributed by atoms with Gasteiger partial charge in [-0.1, -0.05) is 0 Å². The van der Waals surface area contributed by atoms with Crippen LogP contribution in [0.1, 0.15) is 0 Å². The molecule has 7 heteroatoms. The third kappa shape index (κ3) is 2.94. The highest BCUT2D eigenvalue weighted by Crippen LogP contribution is 2.19. The number of benzene rings is 1. The van der Waals surface area contributed by atoms with Gasteiger partial charge in [-0.3, -0.25) is 4.68 Å². The molecule has 1 aromatic heterocycles. The van der Waals surface area contributed by atoms with E-state index >= 15 is 0 Å². The maximum Gasteiger partial charge on any atom is 0.242 e. The van der Waals surface area contributed by atoms with Gasteiger partial charge in [0.15, 0.2) is 5.82 Å². The molecule has 1 N–H and O–H groups in total. The zero-order valence-corrected chi connectivity index (χ0v) is 11.8. The average Bonchev–Trinajstić information content (AvgIpc) is 2.75. The van der Waals surface area contributed by atoms with Crippen LogP contribution in [0.3, 0.4) is 0 Å². The minimum Gasteiger partial charge on any atom is -0.339 e. The second-order valence-corrected chi connectivity index (χ2v) is 6.46. The Bertz CT molecular complexity index is 659. The van der Waals surface area contributed by atoms with Crippen LogP contribution >= 0.6 is 0 Å². The lowest BCUT2D eigenvalue weighted by molar-refractivity contribution is 0.521. The molecule has 0 bridgehead atoms. The van der Waals surface area contributed by atoms with Gasteiger partial charge in [0.25, 0.3) is 0 Å². The smallest absolute Gasteiger partial charge is 0.242 e. The van der Waals surface area contributed by atoms with E-state index in [0.717, 1.165) is 5.69 Å². The third-order valence-corrected chi connectivity index (χ3v) is 4.45. The third-order valence-electron chi connectivity index (χ3n) is 2.62. The first-order chi connectivity index (χ1) is 8.89. The summed E-state index contributed by atoms with van der Waals surface area (Å²) in [5.74, 6) is 0.714. The molecule has 1 heterocycles. The fourth-order valence-electron chi connectivity index (χ4n) is 1.55. The van der Waals surface area contributed by atoms with Crippen molar-refractivity contribution in [3.05, 3.63) is 36.5 Å². The van der Waals surface area contributed by atoms with Gasteiger partial charge in [-0.05, 0) is 24.3 Å². The second kappa shape index (κ2) is 5.02. The summed E-state index contributed by atoms with van der Waals surface area (Å²) in [6.07, 6.45) is 1.83. The van der Waals surface area contributed by atoms with E-state index in [9.17, 15) is 8.42 Å². The molecule has 0 atom stereocenters. The van der Waals surface area contributed by atoms with Gasteiger partial charge < -0.3 is 5.32 Å². The molecular formula is C12H16N4O2S. The highest BCUT2D eigenvalue weighted by Gasteiger charge is 2.16. The minimum absolute atomic E-state index is 0.268. The topological polar surface area (TPSA) is 67.2 Å². The van der Waals surface area contributed by atoms with E-state index in [0.29, 0.717) is 5.82 Å². The summed E-state index contributed by atoms with van der Waals surface area (Å²) in [5.41, 5.74) is 0.788. The maximum absolute atomic E-state index is 11.9. The molecule has 0 aliphatic rings. The van der Waals surface area contributed by atoms with Gasteiger partial charge in [0.05, 0.1) is 4.90 Å². The zero-order chi connectivity index (χ0) is 14.0. The number of hydrogen-bond donors (Lipinski definition) is 1. The Kier molecular flexibility index (Phi) is 3.59. The Balaban J connectivity index is 2.19. The number of aromatic nitrogens is 2. The maximum atomic E-state index is 11.9. The summed E-state index contributed by atoms with van der Waals surface area (Å²) in [7, 11) is 1.47. The average molecular weight is 280 g/mol. The van der Waals surface area contributed by atoms with Crippen molar-refractivity contribution in [3.8, 4) is 0 Å². The summed E-state index contributed by atoms with van der Waals surface area (Å²) in [6.45, 7) is 0. The molecule has 0 aliphatic carbocycles. The number of nitrogens with zero attached hydrogens (tertiary/aromatic N) is 3. The van der Waals surface area contributed by atoms with Crippen LogP contribution in [0.4, 0.5) is 11.5 Å². The zero-order valence-electron chi connectivity index (χ0n) is 11.0. The minimum atomic E-state index is -3.38. The van der Waals surface area contributed by atoms with Crippen molar-refractivity contribution < 1.29 is 8.42 Å². The molecule has 19 heavy (non-hydrogen) atoms. The predicted molar refractivity (Wildman–Crippen MR) is 73.8 cm³/mol. The fourth-order valence-corrected chi connectivity index (χ4v) is 2.45. The molecule has 0 radical (unpaired) electrons. The van der Waals surface area contributed by atoms with Gasteiger partial charge in [0, 0.05) is 39.1 Å². The van der Waals surface area contributed by atoms with Crippen LogP contribution in [0.15, 0.2) is 41.4 Å². The van der Waals surface area contributed by atoms with Crippen molar-refractivity contribution in [1.29, 1.82) is 0 Å². The van der Waals surface area contributed by atoms with Crippen LogP contribution in [-0.4, -0.2) is 36.6 Å². The molecule has 0 amide bonds. The molecule has 102 valence electrons. The Morgan fingerprint density at radius 3 is 2.26 bits per heavy atom. The Hall–Kier alpha value is -1.86. The van der Waals surface area contributed by atoms with Crippen LogP contribution < -0.4 is 5.32 Å². The largest absolute Gasteiger partial charge is 0.339 e. The van der Waals surface area contributed by atoms with Crippen LogP contribution in [0, 0.1) is 0 Å². The molecule has 0 fully saturated rings. The van der Waals surface area contributed by atoms with Gasteiger partial charge in [0.1, 0.15) is 0 Å². The summed E-state index contributed by atoms with van der Waals surface area (Å²) < 4.78 is 26.7. The fraction of sp³-hybridized carbons (Fsp3) is 0.250. The molecule has 2 rings (SSSR count). The standard InChI is InChI=1S/C12H16N4O2S/c1-15(2)19(17,18)11-6-4-10(5-7-11)13-12-8-9-16(3)14-12/h4-9H,1-3H3,(H,13,14). The number of hydrogen-bond acceptors (Lipinski definition) is 4. The number of anilines is 2. The summed E-state index contributed by atoms with van der Waals surface area (Å²) in [6, 6.07) is 8.40. The second-order valence-electron chi connectivity index (χ2n) is 4.31. The highest BCUT2D eigenvalue weighted by atomic mass is 32.2. The number of sulfonamides is 1. The Morgan fingerprint density at radius 1 is 1.16 bits per heavy atom. The molecule has 2 aromatic rings. The van der Waals surface area contributed by atoms with Crippen molar-refractivity contribution in [3.63, 3.8) is 0 Å². The molecular weight excluding hydrogens is 264 g/mol. The molecule has 0 saturated heterocycles. The van der Waals surface area contributed by atoms with Crippen molar-refractivity contribution in [2.24, 2.45) is 7.05 Å². The van der Waals surface area contributed by atoms with Gasteiger partial charge >= 0.3 is 0 Å². The quantitative estimate of drug-likeness (QED) is 0.919. The van der Waals surface area contributed by atoms with Crippen molar-refractivity contribution in [1.82, 2.24) is 14.1 Å². The number of aryl methyl sites for hydroxylation is 1. The predicted octanol–water partition coefficient (Wildman–Crippen LogP) is 1.41. The van der Waals surface area contributed by atoms with E-state index in [1.807, 2.05) is 19.3 Å². The normalized spacial score (nSPS) is 11.8. The summed E-state index contributed by atoms with van der Waals surface area (Å²) in [5, 5.41) is 7.28. The van der Waals surface area contributed by atoms with Crippen molar-refractivity contribution in [2.75, 3.05) is 19.4 Å². The highest BCUT2D eigenvalue weighted by molar-refractivity contribution is 7.89. The number of rotatable bonds is 4. The van der Waals surface area contributed by atoms with E-state index in [4.69, 9.17) is 0 Å². The summed E-state index contributed by atoms with van der Waals surface area (Å²) >= 11 is 0. The Labute approximate surface area is 112 Å². The van der Waals surface area contributed by atoms with Crippen LogP contribution in [0.5, 0.6) is 0 Å². The molecule has 1 aromatic carbocycles. The van der Waals surface area contributed by atoms with Crippen molar-refractivity contribution >= 4 is 21.5 Å². The van der Waals surface area contributed by atoms with Crippen LogP contribution in [0.25, 0.3) is 0 Å². The van der Waals surface area contributed by atoms with Gasteiger partial charge in [-0.25, -0.2) is 12.7 Å². The van der Waals surface area contributed by atoms with E-state index in [2.05, 4.69) is 10.4 Å². The SMILES string of the molecule is CN(C)S(=O)(=O)c1ccc(Nc2ccn(C)n2)cc1. The molecule has 0 spiro atoms. The van der Waals surface area contributed by atoms with Crippen LogP contribution in [-0.2, 0) is 17.1 Å². The van der Waals surface area contributed by atoms with E-state index in [1.54, 1.807) is 28.9 Å². The van der Waals surface area contributed by atoms with E-state index in [1.165, 1.54) is 18.4 Å². The first-order valence-corrected chi connectivity index (χ1v) is 7.13. The lowest BCUT2D eigenvalue weighted by Gasteiger charge is -2.11. The molecule has 0 unspecified atom stereocenters. The Morgan fingerprint density at radius 2 is 1.79 bits per heavy atom. The van der Waals surface area contributed by atoms with Crippen molar-refractivity contribution in [2.45, 2.75) is 4.90 Å². The molecule has 0 saturated carbocycles. The molecule has 6 nitrogen and oxygen atoms in total.